The van der Waals surface area contributed by atoms with E-state index in [4.69, 9.17) is 0 Å². The van der Waals surface area contributed by atoms with Crippen molar-refractivity contribution < 1.29 is 0 Å². The number of hydrogen-bond donors (Lipinski definition) is 0. The summed E-state index contributed by atoms with van der Waals surface area (Å²) in [7, 11) is 1.99. The summed E-state index contributed by atoms with van der Waals surface area (Å²) in [6, 6.07) is 0. The van der Waals surface area contributed by atoms with Crippen molar-refractivity contribution in [2.24, 2.45) is 5.41 Å². The molecule has 0 rings (SSSR count). The average Bonchev–Trinajstić information content (AvgIpc) is 2.01. The Morgan fingerprint density at radius 1 is 1.31 bits per heavy atom. The molecule has 0 aliphatic heterocycles. The number of likely N-dealkylation sites (N-methyl/N-ethyl adjacent to an activating group) is 1. The molecule has 0 bridgehead atoms. The fourth-order valence-electron chi connectivity index (χ4n) is 0.711. The van der Waals surface area contributed by atoms with Crippen LogP contribution in [0.1, 0.15) is 27.7 Å². The topological polar surface area (TPSA) is 3.24 Å². The minimum absolute atomic E-state index is 0.218. The third-order valence-corrected chi connectivity index (χ3v) is 2.26. The van der Waals surface area contributed by atoms with Gasteiger partial charge in [0.2, 0.25) is 0 Å². The van der Waals surface area contributed by atoms with Crippen LogP contribution in [0.4, 0.5) is 0 Å². The van der Waals surface area contributed by atoms with Gasteiger partial charge in [-0.1, -0.05) is 39.5 Å². The van der Waals surface area contributed by atoms with Gasteiger partial charge in [0.25, 0.3) is 0 Å². The second kappa shape index (κ2) is 4.31. The zero-order valence-electron chi connectivity index (χ0n) is 9.52. The van der Waals surface area contributed by atoms with Crippen molar-refractivity contribution in [2.45, 2.75) is 27.7 Å². The lowest BCUT2D eigenvalue weighted by atomic mass is 9.88. The van der Waals surface area contributed by atoms with Crippen molar-refractivity contribution in [3.05, 3.63) is 36.7 Å². The van der Waals surface area contributed by atoms with E-state index < -0.39 is 0 Å². The quantitative estimate of drug-likeness (QED) is 0.599. The van der Waals surface area contributed by atoms with Crippen LogP contribution in [-0.4, -0.2) is 11.9 Å². The monoisotopic (exact) mass is 179 g/mol. The van der Waals surface area contributed by atoms with Gasteiger partial charge in [-0.15, -0.1) is 0 Å². The molecule has 0 N–H and O–H groups in total. The van der Waals surface area contributed by atoms with Crippen LogP contribution < -0.4 is 0 Å². The van der Waals surface area contributed by atoms with Crippen molar-refractivity contribution in [3.8, 4) is 0 Å². The molecule has 0 unspecified atom stereocenters. The number of allylic oxidation sites excluding steroid dienone is 2. The van der Waals surface area contributed by atoms with Gasteiger partial charge in [0.05, 0.1) is 0 Å². The van der Waals surface area contributed by atoms with Crippen molar-refractivity contribution in [3.63, 3.8) is 0 Å². The second-order valence-corrected chi connectivity index (χ2v) is 4.37. The van der Waals surface area contributed by atoms with Gasteiger partial charge in [-0.3, -0.25) is 0 Å². The first kappa shape index (κ1) is 12.0. The molecular weight excluding hydrogens is 158 g/mol. The minimum Gasteiger partial charge on any atom is -0.352 e. The molecule has 0 aromatic carbocycles. The SMILES string of the molecule is C=CC(=C)N(C)/C=C(\C)C(C)(C)C. The maximum absolute atomic E-state index is 3.87. The summed E-state index contributed by atoms with van der Waals surface area (Å²) in [5.41, 5.74) is 2.47. The van der Waals surface area contributed by atoms with Crippen LogP contribution in [0.3, 0.4) is 0 Å². The van der Waals surface area contributed by atoms with E-state index in [0.29, 0.717) is 0 Å². The third kappa shape index (κ3) is 3.97. The van der Waals surface area contributed by atoms with Gasteiger partial charge >= 0.3 is 0 Å². The molecule has 0 aliphatic carbocycles. The number of rotatable bonds is 3. The summed E-state index contributed by atoms with van der Waals surface area (Å²) < 4.78 is 0. The van der Waals surface area contributed by atoms with E-state index in [-0.39, 0.29) is 5.41 Å². The van der Waals surface area contributed by atoms with Crippen molar-refractivity contribution in [2.75, 3.05) is 7.05 Å². The molecule has 0 aromatic heterocycles. The van der Waals surface area contributed by atoms with E-state index in [1.807, 2.05) is 11.9 Å². The Bertz CT molecular complexity index is 228. The van der Waals surface area contributed by atoms with Crippen LogP contribution in [0.5, 0.6) is 0 Å². The Morgan fingerprint density at radius 2 is 1.77 bits per heavy atom. The summed E-state index contributed by atoms with van der Waals surface area (Å²) in [6.45, 7) is 16.3. The van der Waals surface area contributed by atoms with E-state index in [9.17, 15) is 0 Å². The molecule has 74 valence electrons. The fourth-order valence-corrected chi connectivity index (χ4v) is 0.711. The van der Waals surface area contributed by atoms with Gasteiger partial charge < -0.3 is 4.90 Å². The van der Waals surface area contributed by atoms with Crippen LogP contribution >= 0.6 is 0 Å². The molecule has 0 spiro atoms. The predicted octanol–water partition coefficient (Wildman–Crippen LogP) is 3.57. The lowest BCUT2D eigenvalue weighted by molar-refractivity contribution is 0.478. The Balaban J connectivity index is 4.57. The first-order chi connectivity index (χ1) is 5.79. The zero-order chi connectivity index (χ0) is 10.6. The number of hydrogen-bond acceptors (Lipinski definition) is 1. The van der Waals surface area contributed by atoms with Crippen molar-refractivity contribution in [1.82, 2.24) is 4.90 Å². The van der Waals surface area contributed by atoms with Gasteiger partial charge in [0.1, 0.15) is 0 Å². The molecule has 0 aromatic rings. The maximum Gasteiger partial charge on any atom is 0.0324 e. The van der Waals surface area contributed by atoms with E-state index in [0.717, 1.165) is 5.70 Å². The molecule has 0 amide bonds. The Morgan fingerprint density at radius 3 is 2.08 bits per heavy atom. The van der Waals surface area contributed by atoms with Crippen LogP contribution in [0.15, 0.2) is 36.7 Å². The average molecular weight is 179 g/mol. The van der Waals surface area contributed by atoms with Crippen LogP contribution in [0.2, 0.25) is 0 Å². The van der Waals surface area contributed by atoms with Crippen LogP contribution in [0, 0.1) is 5.41 Å². The van der Waals surface area contributed by atoms with Gasteiger partial charge in [0.15, 0.2) is 0 Å². The normalized spacial score (nSPS) is 12.5. The van der Waals surface area contributed by atoms with Gasteiger partial charge in [0, 0.05) is 18.9 Å². The number of nitrogens with zero attached hydrogens (tertiary/aromatic N) is 1. The lowest BCUT2D eigenvalue weighted by Gasteiger charge is -2.23. The van der Waals surface area contributed by atoms with E-state index in [1.165, 1.54) is 5.57 Å². The summed E-state index contributed by atoms with van der Waals surface area (Å²) in [5, 5.41) is 0. The van der Waals surface area contributed by atoms with Crippen molar-refractivity contribution in [1.29, 1.82) is 0 Å². The lowest BCUT2D eigenvalue weighted by Crippen LogP contribution is -2.13. The first-order valence-electron chi connectivity index (χ1n) is 4.52. The Labute approximate surface area is 82.4 Å². The molecule has 0 radical (unpaired) electrons. The smallest absolute Gasteiger partial charge is 0.0324 e. The molecule has 13 heavy (non-hydrogen) atoms. The van der Waals surface area contributed by atoms with Gasteiger partial charge in [-0.2, -0.15) is 0 Å². The molecule has 0 aliphatic rings. The Hall–Kier alpha value is -0.980. The fraction of sp³-hybridized carbons (Fsp3) is 0.500. The van der Waals surface area contributed by atoms with E-state index in [2.05, 4.69) is 47.1 Å². The highest BCUT2D eigenvalue weighted by atomic mass is 15.1. The largest absolute Gasteiger partial charge is 0.352 e. The summed E-state index contributed by atoms with van der Waals surface area (Å²) in [5.74, 6) is 0. The highest BCUT2D eigenvalue weighted by Crippen LogP contribution is 2.24. The highest BCUT2D eigenvalue weighted by molar-refractivity contribution is 5.16. The molecular formula is C12H21N. The molecule has 0 heterocycles. The van der Waals surface area contributed by atoms with Crippen LogP contribution in [0.25, 0.3) is 0 Å². The molecule has 1 heteroatoms. The van der Waals surface area contributed by atoms with Gasteiger partial charge in [-0.05, 0) is 18.4 Å². The minimum atomic E-state index is 0.218. The van der Waals surface area contributed by atoms with Crippen molar-refractivity contribution >= 4 is 0 Å². The maximum atomic E-state index is 3.87. The molecule has 0 saturated carbocycles. The molecule has 0 saturated heterocycles. The molecule has 1 nitrogen and oxygen atoms in total. The second-order valence-electron chi connectivity index (χ2n) is 4.37. The summed E-state index contributed by atoms with van der Waals surface area (Å²) >= 11 is 0. The zero-order valence-corrected chi connectivity index (χ0v) is 9.52. The molecule has 0 fully saturated rings. The summed E-state index contributed by atoms with van der Waals surface area (Å²) in [4.78, 5) is 1.99. The predicted molar refractivity (Wildman–Crippen MR) is 60.3 cm³/mol. The summed E-state index contributed by atoms with van der Waals surface area (Å²) in [6.07, 6.45) is 3.86. The third-order valence-electron chi connectivity index (χ3n) is 2.26. The highest BCUT2D eigenvalue weighted by Gasteiger charge is 2.12. The Kier molecular flexibility index (Phi) is 3.99. The molecule has 0 atom stereocenters. The van der Waals surface area contributed by atoms with Gasteiger partial charge in [-0.25, -0.2) is 0 Å². The standard InChI is InChI=1S/C12H21N/c1-8-11(3)13(7)9-10(2)12(4,5)6/h8-9H,1,3H2,2,4-7H3/b10-9+. The first-order valence-corrected chi connectivity index (χ1v) is 4.52. The van der Waals surface area contributed by atoms with E-state index >= 15 is 0 Å². The van der Waals surface area contributed by atoms with E-state index in [1.54, 1.807) is 6.08 Å². The van der Waals surface area contributed by atoms with Crippen LogP contribution in [-0.2, 0) is 0 Å².